The molecule has 6 N–H and O–H groups in total. The molecule has 2 aliphatic rings. The van der Waals surface area contributed by atoms with Gasteiger partial charge in [-0.3, -0.25) is 29.2 Å². The first-order valence-electron chi connectivity index (χ1n) is 24.5. The highest BCUT2D eigenvalue weighted by Crippen LogP contribution is 2.40. The molecule has 0 saturated carbocycles. The molecule has 0 aliphatic carbocycles. The van der Waals surface area contributed by atoms with E-state index in [1.807, 2.05) is 0 Å². The zero-order chi connectivity index (χ0) is 52.3. The van der Waals surface area contributed by atoms with E-state index in [2.05, 4.69) is 41.9 Å². The molecular formula is C52H68F6N8O6. The molecule has 5 rings (SSSR count). The van der Waals surface area contributed by atoms with E-state index in [0.717, 1.165) is 42.9 Å². The smallest absolute Gasteiger partial charge is 0.416 e. The molecule has 0 spiro atoms. The van der Waals surface area contributed by atoms with Crippen molar-refractivity contribution in [3.8, 4) is 11.5 Å². The van der Waals surface area contributed by atoms with E-state index in [1.54, 1.807) is 52.5 Å². The molecule has 1 amide bonds. The Hall–Kier alpha value is -6.02. The van der Waals surface area contributed by atoms with E-state index in [1.165, 1.54) is 0 Å². The highest BCUT2D eigenvalue weighted by Gasteiger charge is 2.35. The summed E-state index contributed by atoms with van der Waals surface area (Å²) in [6.07, 6.45) is -6.70. The van der Waals surface area contributed by atoms with Gasteiger partial charge in [-0.1, -0.05) is 30.7 Å². The van der Waals surface area contributed by atoms with Crippen molar-refractivity contribution in [3.63, 3.8) is 0 Å². The molecule has 2 unspecified atom stereocenters. The monoisotopic (exact) mass is 1010 g/mol. The quantitative estimate of drug-likeness (QED) is 0.0208. The fraction of sp³-hybridized carbons (Fsp3) is 0.538. The molecule has 0 aromatic heterocycles. The minimum absolute atomic E-state index is 0.00687. The summed E-state index contributed by atoms with van der Waals surface area (Å²) < 4.78 is 98.6. The van der Waals surface area contributed by atoms with Gasteiger partial charge in [-0.25, -0.2) is 0 Å². The molecule has 20 heteroatoms. The van der Waals surface area contributed by atoms with Crippen molar-refractivity contribution in [2.45, 2.75) is 121 Å². The van der Waals surface area contributed by atoms with Crippen molar-refractivity contribution in [2.24, 2.45) is 9.98 Å². The van der Waals surface area contributed by atoms with Crippen LogP contribution in [0.4, 0.5) is 32.0 Å². The summed E-state index contributed by atoms with van der Waals surface area (Å²) in [5.74, 6) is -0.0966. The Bertz CT molecular complexity index is 2200. The van der Waals surface area contributed by atoms with Gasteiger partial charge in [-0.15, -0.1) is 0 Å². The van der Waals surface area contributed by atoms with Crippen LogP contribution in [0.2, 0.25) is 0 Å². The third kappa shape index (κ3) is 18.2. The third-order valence-corrected chi connectivity index (χ3v) is 12.4. The summed E-state index contributed by atoms with van der Waals surface area (Å²) in [5.41, 5.74) is -1.12. The number of carbonyl (C=O) groups excluding carboxylic acids is 4. The number of benzene rings is 3. The molecule has 2 aliphatic heterocycles. The number of unbranched alkanes of at least 4 members (excludes halogenated alkanes) is 3. The number of guanidine groups is 1. The van der Waals surface area contributed by atoms with Crippen LogP contribution in [0.1, 0.15) is 103 Å². The first kappa shape index (κ1) is 56.9. The molecule has 14 nitrogen and oxygen atoms in total. The number of halogens is 6. The number of aliphatic imine (C=N–C) groups is 2. The Morgan fingerprint density at radius 3 is 1.60 bits per heavy atom. The zero-order valence-electron chi connectivity index (χ0n) is 41.5. The lowest BCUT2D eigenvalue weighted by molar-refractivity contribution is -0.138. The van der Waals surface area contributed by atoms with Gasteiger partial charge in [0, 0.05) is 116 Å². The largest absolute Gasteiger partial charge is 0.488 e. The number of ketones is 3. The van der Waals surface area contributed by atoms with Crippen molar-refractivity contribution in [2.75, 3.05) is 66.2 Å². The summed E-state index contributed by atoms with van der Waals surface area (Å²) in [6.45, 7) is 2.64. The Kier molecular flexibility index (Phi) is 21.9. The summed E-state index contributed by atoms with van der Waals surface area (Å²) in [5, 5.41) is 17.9. The fourth-order valence-electron chi connectivity index (χ4n) is 8.67. The number of ether oxygens (including phenoxy) is 2. The van der Waals surface area contributed by atoms with Crippen LogP contribution in [0.15, 0.2) is 58.5 Å². The van der Waals surface area contributed by atoms with Gasteiger partial charge in [-0.05, 0) is 87.0 Å². The third-order valence-electron chi connectivity index (χ3n) is 12.4. The van der Waals surface area contributed by atoms with E-state index < -0.39 is 59.9 Å². The van der Waals surface area contributed by atoms with Gasteiger partial charge in [0.25, 0.3) is 0 Å². The Morgan fingerprint density at radius 2 is 1.11 bits per heavy atom. The predicted octanol–water partition coefficient (Wildman–Crippen LogP) is 7.13. The summed E-state index contributed by atoms with van der Waals surface area (Å²) >= 11 is 0. The molecule has 3 aromatic carbocycles. The molecule has 394 valence electrons. The predicted molar refractivity (Wildman–Crippen MR) is 265 cm³/mol. The maximum Gasteiger partial charge on any atom is 0.416 e. The standard InChI is InChI=1S/C52H68F6N8O6/c1-59-46(60-2)11-7-5-6-10-40(67)27-35-24-38(51(53,54)55)25-36(48(35)71-43-17-20-63-31-43)28-41(68)22-33-13-15-34(16-14-33)23-42(69)29-37-26-39(52(56,57)58)30-45(49(37)72-44-18-21-64-32-44)66-47(70)12-8-9-19-65-50(61-3)62-4/h13-16,24-26,30,43-44,63-64H,5-12,17-23,27-29,31-32H2,1-4H3,(H,59,60)(H,66,70)(H2,61,62,65). The van der Waals surface area contributed by atoms with Crippen LogP contribution in [0.3, 0.4) is 0 Å². The van der Waals surface area contributed by atoms with E-state index >= 15 is 0 Å². The van der Waals surface area contributed by atoms with Crippen LogP contribution in [-0.2, 0) is 63.6 Å². The number of hydrogen-bond acceptors (Lipinski definition) is 10. The van der Waals surface area contributed by atoms with Crippen molar-refractivity contribution in [1.82, 2.24) is 26.6 Å². The molecule has 0 bridgehead atoms. The van der Waals surface area contributed by atoms with Crippen LogP contribution in [0.5, 0.6) is 11.5 Å². The number of amides is 1. The molecule has 72 heavy (non-hydrogen) atoms. The summed E-state index contributed by atoms with van der Waals surface area (Å²) in [7, 11) is 6.79. The Morgan fingerprint density at radius 1 is 0.611 bits per heavy atom. The van der Waals surface area contributed by atoms with Gasteiger partial charge in [0.1, 0.15) is 41.1 Å². The van der Waals surface area contributed by atoms with E-state index in [4.69, 9.17) is 9.47 Å². The second-order valence-corrected chi connectivity index (χ2v) is 18.1. The highest BCUT2D eigenvalue weighted by atomic mass is 19.4. The number of Topliss-reactive ketones (excluding diaryl/α,β-unsaturated/α-hetero) is 3. The Balaban J connectivity index is 1.28. The topological polar surface area (TPSA) is 184 Å². The number of nitrogens with zero attached hydrogens (tertiary/aromatic N) is 2. The molecule has 2 heterocycles. The molecule has 2 fully saturated rings. The number of nitrogens with one attached hydrogen (secondary N) is 6. The average molecular weight is 1020 g/mol. The second-order valence-electron chi connectivity index (χ2n) is 18.1. The number of hydrogen-bond donors (Lipinski definition) is 6. The normalized spacial score (nSPS) is 16.4. The van der Waals surface area contributed by atoms with Crippen LogP contribution in [0, 0.1) is 0 Å². The van der Waals surface area contributed by atoms with Crippen molar-refractivity contribution in [3.05, 3.63) is 87.5 Å². The van der Waals surface area contributed by atoms with Gasteiger partial charge in [0.2, 0.25) is 5.91 Å². The number of carbonyl (C=O) groups is 4. The van der Waals surface area contributed by atoms with Crippen molar-refractivity contribution in [1.29, 1.82) is 0 Å². The van der Waals surface area contributed by atoms with Crippen LogP contribution in [0.25, 0.3) is 0 Å². The van der Waals surface area contributed by atoms with Crippen LogP contribution >= 0.6 is 0 Å². The summed E-state index contributed by atoms with van der Waals surface area (Å²) in [6, 6.07) is 9.99. The molecule has 2 atom stereocenters. The number of rotatable bonds is 26. The van der Waals surface area contributed by atoms with Gasteiger partial charge >= 0.3 is 12.4 Å². The first-order chi connectivity index (χ1) is 34.4. The highest BCUT2D eigenvalue weighted by molar-refractivity contribution is 5.94. The van der Waals surface area contributed by atoms with Crippen molar-refractivity contribution >= 4 is 40.7 Å². The van der Waals surface area contributed by atoms with Gasteiger partial charge in [-0.2, -0.15) is 26.3 Å². The lowest BCUT2D eigenvalue weighted by Gasteiger charge is -2.22. The maximum atomic E-state index is 14.4. The fourth-order valence-corrected chi connectivity index (χ4v) is 8.67. The lowest BCUT2D eigenvalue weighted by Crippen LogP contribution is -2.35. The molecule has 0 radical (unpaired) electrons. The molecule has 3 aromatic rings. The zero-order valence-corrected chi connectivity index (χ0v) is 41.5. The van der Waals surface area contributed by atoms with Crippen LogP contribution in [-0.4, -0.2) is 108 Å². The van der Waals surface area contributed by atoms with E-state index in [0.29, 0.717) is 88.3 Å². The van der Waals surface area contributed by atoms with E-state index in [-0.39, 0.29) is 77.9 Å². The maximum absolute atomic E-state index is 14.4. The lowest BCUT2D eigenvalue weighted by atomic mass is 9.94. The first-order valence-corrected chi connectivity index (χ1v) is 24.5. The number of alkyl halides is 6. The average Bonchev–Trinajstić information content (AvgIpc) is 4.06. The van der Waals surface area contributed by atoms with Gasteiger partial charge in [0.05, 0.1) is 22.6 Å². The van der Waals surface area contributed by atoms with Crippen LogP contribution < -0.4 is 41.4 Å². The SMILES string of the molecule is CN=C(CCCCCC(=O)Cc1cc(C(F)(F)F)cc(CC(=O)Cc2ccc(CC(=O)Cc3cc(C(F)(F)F)cc(NC(=O)CCCCNC(=NC)NC)c3OC3CCNC3)cc2)c1OC1CCNC1)NC. The van der Waals surface area contributed by atoms with E-state index in [9.17, 15) is 45.5 Å². The van der Waals surface area contributed by atoms with Gasteiger partial charge in [0.15, 0.2) is 5.96 Å². The summed E-state index contributed by atoms with van der Waals surface area (Å²) in [4.78, 5) is 61.9. The second kappa shape index (κ2) is 27.7. The van der Waals surface area contributed by atoms with Crippen molar-refractivity contribution < 1.29 is 55.0 Å². The molecular weight excluding hydrogens is 947 g/mol. The molecule has 2 saturated heterocycles. The minimum Gasteiger partial charge on any atom is -0.488 e. The number of anilines is 1. The minimum atomic E-state index is -4.80. The Labute approximate surface area is 417 Å². The number of amidine groups is 1. The van der Waals surface area contributed by atoms with Gasteiger partial charge < -0.3 is 41.4 Å².